The minimum absolute atomic E-state index is 0.315. The molecule has 102 valence electrons. The van der Waals surface area contributed by atoms with Crippen LogP contribution in [-0.2, 0) is 16.6 Å². The van der Waals surface area contributed by atoms with Crippen molar-refractivity contribution in [1.29, 1.82) is 0 Å². The fourth-order valence-corrected chi connectivity index (χ4v) is 4.20. The molecule has 0 spiro atoms. The number of thiophene rings is 1. The summed E-state index contributed by atoms with van der Waals surface area (Å²) in [6.45, 7) is 2.36. The van der Waals surface area contributed by atoms with Crippen molar-refractivity contribution in [3.8, 4) is 0 Å². The van der Waals surface area contributed by atoms with Crippen LogP contribution in [0.5, 0.6) is 0 Å². The van der Waals surface area contributed by atoms with E-state index in [-0.39, 0.29) is 0 Å². The molecule has 0 aromatic carbocycles. The van der Waals surface area contributed by atoms with Gasteiger partial charge in [0.25, 0.3) is 10.0 Å². The first-order valence-corrected chi connectivity index (χ1v) is 8.05. The molecule has 0 bridgehead atoms. The first-order valence-electron chi connectivity index (χ1n) is 5.69. The molecule has 0 aliphatic carbocycles. The van der Waals surface area contributed by atoms with E-state index in [0.29, 0.717) is 17.1 Å². The van der Waals surface area contributed by atoms with Crippen LogP contribution >= 0.6 is 11.3 Å². The minimum Gasteiger partial charge on any atom is -0.315 e. The number of rotatable bonds is 5. The van der Waals surface area contributed by atoms with E-state index in [2.05, 4.69) is 15.0 Å². The molecule has 2 heterocycles. The van der Waals surface area contributed by atoms with Crippen molar-refractivity contribution >= 4 is 27.0 Å². The fraction of sp³-hybridized carbons (Fsp3) is 0.250. The fourth-order valence-electron chi connectivity index (χ4n) is 1.63. The number of sulfonamides is 1. The summed E-state index contributed by atoms with van der Waals surface area (Å²) in [5.74, 6) is 0. The minimum atomic E-state index is -3.56. The van der Waals surface area contributed by atoms with Crippen molar-refractivity contribution in [2.45, 2.75) is 18.4 Å². The van der Waals surface area contributed by atoms with Crippen molar-refractivity contribution in [2.24, 2.45) is 0 Å². The molecule has 0 saturated carbocycles. The highest BCUT2D eigenvalue weighted by Crippen LogP contribution is 2.25. The van der Waals surface area contributed by atoms with Crippen molar-refractivity contribution in [3.05, 3.63) is 40.3 Å². The van der Waals surface area contributed by atoms with Crippen LogP contribution in [0.3, 0.4) is 0 Å². The van der Waals surface area contributed by atoms with Gasteiger partial charge in [-0.1, -0.05) is 0 Å². The monoisotopic (exact) mass is 297 g/mol. The van der Waals surface area contributed by atoms with Gasteiger partial charge in [0.15, 0.2) is 0 Å². The van der Waals surface area contributed by atoms with Crippen molar-refractivity contribution < 1.29 is 8.42 Å². The van der Waals surface area contributed by atoms with Crippen LogP contribution in [0.2, 0.25) is 0 Å². The third-order valence-corrected chi connectivity index (χ3v) is 5.12. The Bertz CT molecular complexity index is 665. The van der Waals surface area contributed by atoms with Gasteiger partial charge in [-0.3, -0.25) is 9.71 Å². The molecule has 2 N–H and O–H groups in total. The molecule has 5 nitrogen and oxygen atoms in total. The molecule has 0 saturated heterocycles. The highest BCUT2D eigenvalue weighted by molar-refractivity contribution is 7.93. The van der Waals surface area contributed by atoms with Gasteiger partial charge in [0.1, 0.15) is 4.90 Å². The molecule has 0 fully saturated rings. The van der Waals surface area contributed by atoms with E-state index in [1.165, 1.54) is 17.5 Å². The highest BCUT2D eigenvalue weighted by atomic mass is 32.2. The summed E-state index contributed by atoms with van der Waals surface area (Å²) in [6, 6.07) is 3.38. The van der Waals surface area contributed by atoms with Gasteiger partial charge < -0.3 is 5.32 Å². The van der Waals surface area contributed by atoms with E-state index in [1.54, 1.807) is 30.8 Å². The molecule has 0 amide bonds. The summed E-state index contributed by atoms with van der Waals surface area (Å²) in [6.07, 6.45) is 3.14. The molecule has 19 heavy (non-hydrogen) atoms. The number of aromatic nitrogens is 1. The molecule has 0 aliphatic rings. The van der Waals surface area contributed by atoms with Crippen LogP contribution in [-0.4, -0.2) is 20.4 Å². The zero-order valence-electron chi connectivity index (χ0n) is 10.7. The number of hydrogen-bond acceptors (Lipinski definition) is 5. The predicted molar refractivity (Wildman–Crippen MR) is 76.9 cm³/mol. The standard InChI is InChI=1S/C12H15N3O2S2/c1-9-3-5-14-7-10(9)15-19(16,17)12-4-6-18-11(12)8-13-2/h3-7,13,15H,8H2,1-2H3. The summed E-state index contributed by atoms with van der Waals surface area (Å²) in [4.78, 5) is 5.04. The average molecular weight is 297 g/mol. The van der Waals surface area contributed by atoms with Crippen molar-refractivity contribution in [3.63, 3.8) is 0 Å². The molecule has 7 heteroatoms. The first kappa shape index (κ1) is 14.0. The third-order valence-electron chi connectivity index (χ3n) is 2.61. The van der Waals surface area contributed by atoms with Crippen LogP contribution in [0.4, 0.5) is 5.69 Å². The number of anilines is 1. The van der Waals surface area contributed by atoms with Gasteiger partial charge in [0, 0.05) is 17.6 Å². The summed E-state index contributed by atoms with van der Waals surface area (Å²) in [7, 11) is -1.78. The number of pyridine rings is 1. The van der Waals surface area contributed by atoms with Gasteiger partial charge in [-0.2, -0.15) is 0 Å². The van der Waals surface area contributed by atoms with Gasteiger partial charge in [-0.05, 0) is 37.0 Å². The van der Waals surface area contributed by atoms with Gasteiger partial charge in [0.05, 0.1) is 11.9 Å². The Morgan fingerprint density at radius 1 is 1.37 bits per heavy atom. The van der Waals surface area contributed by atoms with E-state index < -0.39 is 10.0 Å². The summed E-state index contributed by atoms with van der Waals surface area (Å²) < 4.78 is 27.3. The quantitative estimate of drug-likeness (QED) is 0.885. The maximum atomic E-state index is 12.4. The third kappa shape index (κ3) is 3.12. The SMILES string of the molecule is CNCc1sccc1S(=O)(=O)Nc1cnccc1C. The Morgan fingerprint density at radius 2 is 2.16 bits per heavy atom. The number of nitrogens with one attached hydrogen (secondary N) is 2. The summed E-state index contributed by atoms with van der Waals surface area (Å²) in [5, 5.41) is 4.74. The molecule has 2 aromatic rings. The lowest BCUT2D eigenvalue weighted by molar-refractivity contribution is 0.600. The molecule has 2 aromatic heterocycles. The van der Waals surface area contributed by atoms with Crippen LogP contribution in [0.1, 0.15) is 10.4 Å². The number of nitrogens with zero attached hydrogens (tertiary/aromatic N) is 1. The lowest BCUT2D eigenvalue weighted by atomic mass is 10.3. The second-order valence-electron chi connectivity index (χ2n) is 4.03. The molecular weight excluding hydrogens is 282 g/mol. The van der Waals surface area contributed by atoms with Crippen LogP contribution in [0.25, 0.3) is 0 Å². The summed E-state index contributed by atoms with van der Waals surface area (Å²) >= 11 is 1.42. The number of hydrogen-bond donors (Lipinski definition) is 2. The highest BCUT2D eigenvalue weighted by Gasteiger charge is 2.20. The number of aryl methyl sites for hydroxylation is 1. The maximum absolute atomic E-state index is 12.4. The Labute approximate surface area is 116 Å². The Hall–Kier alpha value is -1.44. The van der Waals surface area contributed by atoms with E-state index in [0.717, 1.165) is 10.4 Å². The lowest BCUT2D eigenvalue weighted by Crippen LogP contribution is -2.16. The second kappa shape index (κ2) is 5.68. The maximum Gasteiger partial charge on any atom is 0.263 e. The molecule has 0 atom stereocenters. The van der Waals surface area contributed by atoms with E-state index in [1.807, 2.05) is 6.92 Å². The molecule has 0 radical (unpaired) electrons. The lowest BCUT2D eigenvalue weighted by Gasteiger charge is -2.10. The largest absolute Gasteiger partial charge is 0.315 e. The van der Waals surface area contributed by atoms with E-state index in [4.69, 9.17) is 0 Å². The molecule has 2 rings (SSSR count). The topological polar surface area (TPSA) is 71.1 Å². The Kier molecular flexibility index (Phi) is 4.18. The average Bonchev–Trinajstić information content (AvgIpc) is 2.81. The zero-order chi connectivity index (χ0) is 13.9. The van der Waals surface area contributed by atoms with Crippen LogP contribution in [0, 0.1) is 6.92 Å². The van der Waals surface area contributed by atoms with Crippen LogP contribution < -0.4 is 10.0 Å². The van der Waals surface area contributed by atoms with Gasteiger partial charge in [-0.15, -0.1) is 11.3 Å². The van der Waals surface area contributed by atoms with E-state index >= 15 is 0 Å². The van der Waals surface area contributed by atoms with E-state index in [9.17, 15) is 8.42 Å². The molecule has 0 unspecified atom stereocenters. The van der Waals surface area contributed by atoms with Crippen molar-refractivity contribution in [2.75, 3.05) is 11.8 Å². The second-order valence-corrected chi connectivity index (χ2v) is 6.69. The normalized spacial score (nSPS) is 11.5. The smallest absolute Gasteiger partial charge is 0.263 e. The zero-order valence-corrected chi connectivity index (χ0v) is 12.3. The van der Waals surface area contributed by atoms with Gasteiger partial charge >= 0.3 is 0 Å². The van der Waals surface area contributed by atoms with Gasteiger partial charge in [-0.25, -0.2) is 8.42 Å². The first-order chi connectivity index (χ1) is 9.04. The molecular formula is C12H15N3O2S2. The van der Waals surface area contributed by atoms with Gasteiger partial charge in [0.2, 0.25) is 0 Å². The predicted octanol–water partition coefficient (Wildman–Crippen LogP) is 1.97. The Morgan fingerprint density at radius 3 is 2.84 bits per heavy atom. The summed E-state index contributed by atoms with van der Waals surface area (Å²) in [5.41, 5.74) is 1.34. The molecule has 0 aliphatic heterocycles. The van der Waals surface area contributed by atoms with Crippen LogP contribution in [0.15, 0.2) is 34.8 Å². The van der Waals surface area contributed by atoms with Crippen molar-refractivity contribution in [1.82, 2.24) is 10.3 Å². The Balaban J connectivity index is 2.33.